The minimum Gasteiger partial charge on any atom is -0.0890 e. The first-order valence-electron chi connectivity index (χ1n) is 7.76. The molecule has 0 unspecified atom stereocenters. The average Bonchev–Trinajstić information content (AvgIpc) is 2.41. The molecule has 0 bridgehead atoms. The first-order chi connectivity index (χ1) is 10.3. The van der Waals surface area contributed by atoms with Gasteiger partial charge in [0.05, 0.1) is 8.07 Å². The zero-order valence-corrected chi connectivity index (χ0v) is 16.4. The van der Waals surface area contributed by atoms with Crippen molar-refractivity contribution >= 4 is 32.2 Å². The van der Waals surface area contributed by atoms with Crippen LogP contribution in [0.5, 0.6) is 0 Å². The van der Waals surface area contributed by atoms with E-state index in [0.29, 0.717) is 0 Å². The summed E-state index contributed by atoms with van der Waals surface area (Å²) in [6, 6.07) is 15.3. The Bertz CT molecular complexity index is 707. The standard InChI is InChI=1S/C20H25PSi/c1-15-12-16(2)20(17(3)13-15)21-14-19(22(4,5)6)18-10-8-7-9-11-18/h7-13H,1-6H3. The molecule has 0 fully saturated rings. The summed E-state index contributed by atoms with van der Waals surface area (Å²) in [5.74, 6) is 0. The van der Waals surface area contributed by atoms with Crippen molar-refractivity contribution in [3.8, 4) is 0 Å². The van der Waals surface area contributed by atoms with Gasteiger partial charge in [0.15, 0.2) is 0 Å². The summed E-state index contributed by atoms with van der Waals surface area (Å²) in [4.78, 5) is 0. The van der Waals surface area contributed by atoms with Crippen molar-refractivity contribution in [2.45, 2.75) is 40.4 Å². The van der Waals surface area contributed by atoms with Crippen LogP contribution in [0.25, 0.3) is 5.20 Å². The molecule has 0 N–H and O–H groups in total. The Kier molecular flexibility index (Phi) is 5.24. The van der Waals surface area contributed by atoms with Crippen LogP contribution in [-0.2, 0) is 0 Å². The predicted octanol–water partition coefficient (Wildman–Crippen LogP) is 5.55. The molecule has 2 rings (SSSR count). The third kappa shape index (κ3) is 4.08. The van der Waals surface area contributed by atoms with Crippen LogP contribution < -0.4 is 5.30 Å². The Morgan fingerprint density at radius 1 is 0.909 bits per heavy atom. The predicted molar refractivity (Wildman–Crippen MR) is 105 cm³/mol. The first kappa shape index (κ1) is 17.0. The highest BCUT2D eigenvalue weighted by molar-refractivity contribution is 7.47. The van der Waals surface area contributed by atoms with Gasteiger partial charge in [0, 0.05) is 5.30 Å². The summed E-state index contributed by atoms with van der Waals surface area (Å²) >= 11 is 0. The van der Waals surface area contributed by atoms with Crippen LogP contribution in [0.3, 0.4) is 0 Å². The minimum atomic E-state index is -1.43. The zero-order chi connectivity index (χ0) is 16.3. The molecule has 0 radical (unpaired) electrons. The monoisotopic (exact) mass is 324 g/mol. The molecule has 0 aliphatic rings. The summed E-state index contributed by atoms with van der Waals surface area (Å²) < 4.78 is 0. The molecule has 2 aromatic rings. The maximum atomic E-state index is 3.74. The van der Waals surface area contributed by atoms with Crippen LogP contribution in [-0.4, -0.2) is 13.5 Å². The molecule has 2 heteroatoms. The fraction of sp³-hybridized carbons (Fsp3) is 0.300. The molecule has 22 heavy (non-hydrogen) atoms. The van der Waals surface area contributed by atoms with Crippen molar-refractivity contribution in [3.63, 3.8) is 0 Å². The third-order valence-corrected chi connectivity index (χ3v) is 7.12. The Morgan fingerprint density at radius 2 is 1.45 bits per heavy atom. The molecule has 0 aromatic heterocycles. The van der Waals surface area contributed by atoms with Crippen LogP contribution in [0.1, 0.15) is 22.3 Å². The normalized spacial score (nSPS) is 11.4. The molecule has 0 saturated heterocycles. The van der Waals surface area contributed by atoms with Gasteiger partial charge in [0.2, 0.25) is 0 Å². The lowest BCUT2D eigenvalue weighted by atomic mass is 10.1. The van der Waals surface area contributed by atoms with E-state index < -0.39 is 8.07 Å². The molecule has 2 aromatic carbocycles. The minimum absolute atomic E-state index is 1.19. The van der Waals surface area contributed by atoms with E-state index in [1.54, 1.807) is 0 Å². The lowest BCUT2D eigenvalue weighted by molar-refractivity contribution is 1.36. The Morgan fingerprint density at radius 3 is 1.95 bits per heavy atom. The van der Waals surface area contributed by atoms with Gasteiger partial charge in [-0.1, -0.05) is 73.1 Å². The van der Waals surface area contributed by atoms with E-state index in [4.69, 9.17) is 0 Å². The van der Waals surface area contributed by atoms with E-state index in [0.717, 1.165) is 0 Å². The van der Waals surface area contributed by atoms with Crippen molar-refractivity contribution in [1.82, 2.24) is 0 Å². The van der Waals surface area contributed by atoms with Gasteiger partial charge < -0.3 is 0 Å². The molecule has 0 nitrogen and oxygen atoms in total. The second-order valence-electron chi connectivity index (χ2n) is 6.96. The quantitative estimate of drug-likeness (QED) is 0.513. The van der Waals surface area contributed by atoms with E-state index in [1.807, 2.05) is 0 Å². The third-order valence-electron chi connectivity index (χ3n) is 3.73. The summed E-state index contributed by atoms with van der Waals surface area (Å²) in [6.07, 6.45) is 0. The van der Waals surface area contributed by atoms with Gasteiger partial charge in [-0.3, -0.25) is 0 Å². The van der Waals surface area contributed by atoms with E-state index in [-0.39, 0.29) is 0 Å². The van der Waals surface area contributed by atoms with Gasteiger partial charge in [-0.2, -0.15) is 0 Å². The van der Waals surface area contributed by atoms with Gasteiger partial charge in [0.25, 0.3) is 0 Å². The second kappa shape index (κ2) is 6.80. The molecule has 0 heterocycles. The SMILES string of the molecule is Cc1cc(C)c(P=C=C(c2ccccc2)[Si](C)(C)C)c(C)c1. The molecule has 0 aliphatic heterocycles. The molecule has 0 saturated carbocycles. The number of aryl methyl sites for hydroxylation is 3. The topological polar surface area (TPSA) is 0 Å². The number of hydrogen-bond acceptors (Lipinski definition) is 0. The van der Waals surface area contributed by atoms with Gasteiger partial charge in [-0.05, 0) is 50.9 Å². The van der Waals surface area contributed by atoms with Crippen molar-refractivity contribution in [1.29, 1.82) is 0 Å². The molecule has 0 atom stereocenters. The van der Waals surface area contributed by atoms with Gasteiger partial charge in [-0.25, -0.2) is 0 Å². The van der Waals surface area contributed by atoms with E-state index in [2.05, 4.69) is 88.3 Å². The van der Waals surface area contributed by atoms with Gasteiger partial charge >= 0.3 is 0 Å². The Labute approximate surface area is 137 Å². The number of rotatable bonds is 3. The summed E-state index contributed by atoms with van der Waals surface area (Å²) in [7, 11) is -0.236. The molecular formula is C20H25PSi. The van der Waals surface area contributed by atoms with Crippen molar-refractivity contribution in [3.05, 3.63) is 64.7 Å². The van der Waals surface area contributed by atoms with E-state index in [9.17, 15) is 0 Å². The lowest BCUT2D eigenvalue weighted by Crippen LogP contribution is -2.23. The summed E-state index contributed by atoms with van der Waals surface area (Å²) in [5, 5.41) is 2.83. The van der Waals surface area contributed by atoms with Crippen molar-refractivity contribution < 1.29 is 0 Å². The maximum Gasteiger partial charge on any atom is 0.0888 e. The first-order valence-corrected chi connectivity index (χ1v) is 12.2. The molecule has 0 spiro atoms. The van der Waals surface area contributed by atoms with Crippen LogP contribution in [0.2, 0.25) is 19.6 Å². The van der Waals surface area contributed by atoms with E-state index >= 15 is 0 Å². The van der Waals surface area contributed by atoms with E-state index in [1.165, 1.54) is 41.0 Å². The van der Waals surface area contributed by atoms with Gasteiger partial charge in [-0.15, -0.1) is 0 Å². The summed E-state index contributed by atoms with van der Waals surface area (Å²) in [5.41, 5.74) is 9.15. The van der Waals surface area contributed by atoms with Crippen LogP contribution in [0, 0.1) is 20.8 Å². The maximum absolute atomic E-state index is 3.74. The summed E-state index contributed by atoms with van der Waals surface area (Å²) in [6.45, 7) is 13.8. The van der Waals surface area contributed by atoms with Crippen LogP contribution >= 0.6 is 8.20 Å². The smallest absolute Gasteiger partial charge is 0.0888 e. The molecule has 0 amide bonds. The van der Waals surface area contributed by atoms with Crippen molar-refractivity contribution in [2.24, 2.45) is 0 Å². The average molecular weight is 324 g/mol. The molecule has 114 valence electrons. The Hall–Kier alpha value is -1.39. The highest BCUT2D eigenvalue weighted by atomic mass is 31.1. The zero-order valence-electron chi connectivity index (χ0n) is 14.5. The fourth-order valence-electron chi connectivity index (χ4n) is 2.73. The number of benzene rings is 2. The van der Waals surface area contributed by atoms with Crippen molar-refractivity contribution in [2.75, 3.05) is 0 Å². The lowest BCUT2D eigenvalue weighted by Gasteiger charge is -2.19. The largest absolute Gasteiger partial charge is 0.0890 e. The van der Waals surface area contributed by atoms with Crippen LogP contribution in [0.4, 0.5) is 0 Å². The highest BCUT2D eigenvalue weighted by Crippen LogP contribution is 2.24. The molecular weight excluding hydrogens is 299 g/mol. The molecule has 0 aliphatic carbocycles. The van der Waals surface area contributed by atoms with Gasteiger partial charge in [0.1, 0.15) is 0 Å². The Balaban J connectivity index is 2.61. The van der Waals surface area contributed by atoms with Crippen LogP contribution in [0.15, 0.2) is 42.5 Å². The second-order valence-corrected chi connectivity index (χ2v) is 12.9. The highest BCUT2D eigenvalue weighted by Gasteiger charge is 2.20. The number of hydrogen-bond donors (Lipinski definition) is 0. The fourth-order valence-corrected chi connectivity index (χ4v) is 6.11.